The maximum absolute atomic E-state index is 12.1. The Morgan fingerprint density at radius 1 is 1.32 bits per heavy atom. The molecule has 0 fully saturated rings. The third kappa shape index (κ3) is 5.41. The van der Waals surface area contributed by atoms with Crippen LogP contribution in [-0.2, 0) is 11.3 Å². The van der Waals surface area contributed by atoms with Gasteiger partial charge < -0.3 is 10.4 Å². The standard InChI is InChI=1S/C19H28N4O2/c1-14(24)10-11-22(4)13-19(25)20-12-18-15(2)21-23(16(18)3)17-8-6-5-7-9-17/h5-9,14,24H,10-13H2,1-4H3,(H,20,25). The molecule has 0 bridgehead atoms. The third-order valence-electron chi connectivity index (χ3n) is 4.25. The number of hydrogen-bond acceptors (Lipinski definition) is 4. The topological polar surface area (TPSA) is 70.4 Å². The summed E-state index contributed by atoms with van der Waals surface area (Å²) in [5.41, 5.74) is 4.01. The second kappa shape index (κ2) is 8.78. The summed E-state index contributed by atoms with van der Waals surface area (Å²) in [4.78, 5) is 14.0. The molecule has 1 unspecified atom stereocenters. The Morgan fingerprint density at radius 2 is 2.00 bits per heavy atom. The van der Waals surface area contributed by atoms with E-state index in [9.17, 15) is 9.90 Å². The molecule has 0 saturated heterocycles. The monoisotopic (exact) mass is 344 g/mol. The van der Waals surface area contributed by atoms with Gasteiger partial charge in [0.05, 0.1) is 24.0 Å². The number of benzene rings is 1. The summed E-state index contributed by atoms with van der Waals surface area (Å²) in [6, 6.07) is 9.97. The number of aliphatic hydroxyl groups is 1. The van der Waals surface area contributed by atoms with Gasteiger partial charge in [0.2, 0.25) is 5.91 Å². The first kappa shape index (κ1) is 19.1. The van der Waals surface area contributed by atoms with Crippen molar-refractivity contribution in [3.8, 4) is 5.69 Å². The van der Waals surface area contributed by atoms with Gasteiger partial charge in [-0.2, -0.15) is 5.10 Å². The zero-order chi connectivity index (χ0) is 18.4. The van der Waals surface area contributed by atoms with Gasteiger partial charge in [-0.15, -0.1) is 0 Å². The van der Waals surface area contributed by atoms with Crippen LogP contribution in [0.4, 0.5) is 0 Å². The Balaban J connectivity index is 1.95. The molecule has 0 saturated carbocycles. The van der Waals surface area contributed by atoms with Gasteiger partial charge in [-0.25, -0.2) is 4.68 Å². The third-order valence-corrected chi connectivity index (χ3v) is 4.25. The Kier molecular flexibility index (Phi) is 6.73. The first-order chi connectivity index (χ1) is 11.9. The summed E-state index contributed by atoms with van der Waals surface area (Å²) < 4.78 is 1.91. The molecule has 1 amide bonds. The lowest BCUT2D eigenvalue weighted by atomic mass is 10.2. The highest BCUT2D eigenvalue weighted by Gasteiger charge is 2.14. The predicted octanol–water partition coefficient (Wildman–Crippen LogP) is 1.81. The number of hydrogen-bond donors (Lipinski definition) is 2. The molecule has 1 aromatic heterocycles. The zero-order valence-corrected chi connectivity index (χ0v) is 15.5. The SMILES string of the molecule is Cc1nn(-c2ccccc2)c(C)c1CNC(=O)CN(C)CCC(C)O. The van der Waals surface area contributed by atoms with E-state index in [0.29, 0.717) is 26.1 Å². The van der Waals surface area contributed by atoms with E-state index in [1.165, 1.54) is 0 Å². The Hall–Kier alpha value is -2.18. The summed E-state index contributed by atoms with van der Waals surface area (Å²) in [7, 11) is 1.88. The van der Waals surface area contributed by atoms with Crippen LogP contribution in [0.1, 0.15) is 30.3 Å². The highest BCUT2D eigenvalue weighted by molar-refractivity contribution is 5.78. The molecule has 0 aliphatic carbocycles. The maximum Gasteiger partial charge on any atom is 0.234 e. The van der Waals surface area contributed by atoms with E-state index >= 15 is 0 Å². The fourth-order valence-corrected chi connectivity index (χ4v) is 2.73. The second-order valence-corrected chi connectivity index (χ2v) is 6.55. The first-order valence-electron chi connectivity index (χ1n) is 8.62. The molecule has 2 rings (SSSR count). The molecule has 1 atom stereocenters. The smallest absolute Gasteiger partial charge is 0.234 e. The van der Waals surface area contributed by atoms with Crippen LogP contribution in [0.5, 0.6) is 0 Å². The molecular formula is C19H28N4O2. The lowest BCUT2D eigenvalue weighted by Gasteiger charge is -2.17. The number of aryl methyl sites for hydroxylation is 1. The molecular weight excluding hydrogens is 316 g/mol. The van der Waals surface area contributed by atoms with Crippen molar-refractivity contribution in [1.29, 1.82) is 0 Å². The number of aliphatic hydroxyl groups excluding tert-OH is 1. The van der Waals surface area contributed by atoms with Crippen molar-refractivity contribution in [2.45, 2.75) is 39.8 Å². The van der Waals surface area contributed by atoms with Crippen molar-refractivity contribution >= 4 is 5.91 Å². The number of carbonyl (C=O) groups is 1. The van der Waals surface area contributed by atoms with Crippen molar-refractivity contribution in [1.82, 2.24) is 20.0 Å². The fraction of sp³-hybridized carbons (Fsp3) is 0.474. The number of nitrogens with zero attached hydrogens (tertiary/aromatic N) is 3. The van der Waals surface area contributed by atoms with Crippen LogP contribution in [0.15, 0.2) is 30.3 Å². The molecule has 0 aliphatic rings. The first-order valence-corrected chi connectivity index (χ1v) is 8.62. The van der Waals surface area contributed by atoms with Gasteiger partial charge in [0.25, 0.3) is 0 Å². The van der Waals surface area contributed by atoms with Crippen molar-refractivity contribution in [3.05, 3.63) is 47.3 Å². The van der Waals surface area contributed by atoms with Crippen LogP contribution in [0.2, 0.25) is 0 Å². The van der Waals surface area contributed by atoms with Gasteiger partial charge in [0.1, 0.15) is 0 Å². The lowest BCUT2D eigenvalue weighted by molar-refractivity contribution is -0.122. The maximum atomic E-state index is 12.1. The van der Waals surface area contributed by atoms with Gasteiger partial charge >= 0.3 is 0 Å². The Morgan fingerprint density at radius 3 is 2.64 bits per heavy atom. The average Bonchev–Trinajstić information content (AvgIpc) is 2.86. The molecule has 6 nitrogen and oxygen atoms in total. The summed E-state index contributed by atoms with van der Waals surface area (Å²) in [5, 5.41) is 16.9. The predicted molar refractivity (Wildman–Crippen MR) is 98.7 cm³/mol. The number of carbonyl (C=O) groups excluding carboxylic acids is 1. The lowest BCUT2D eigenvalue weighted by Crippen LogP contribution is -2.36. The van der Waals surface area contributed by atoms with Crippen LogP contribution < -0.4 is 5.32 Å². The fourth-order valence-electron chi connectivity index (χ4n) is 2.73. The second-order valence-electron chi connectivity index (χ2n) is 6.55. The van der Waals surface area contributed by atoms with E-state index in [1.807, 2.05) is 60.8 Å². The number of amides is 1. The Labute approximate surface area is 149 Å². The van der Waals surface area contributed by atoms with E-state index in [1.54, 1.807) is 6.92 Å². The van der Waals surface area contributed by atoms with Crippen molar-refractivity contribution < 1.29 is 9.90 Å². The van der Waals surface area contributed by atoms with Gasteiger partial charge in [0.15, 0.2) is 0 Å². The van der Waals surface area contributed by atoms with Crippen LogP contribution in [0.3, 0.4) is 0 Å². The minimum Gasteiger partial charge on any atom is -0.393 e. The molecule has 1 aromatic carbocycles. The number of aromatic nitrogens is 2. The van der Waals surface area contributed by atoms with Crippen molar-refractivity contribution in [2.24, 2.45) is 0 Å². The molecule has 0 radical (unpaired) electrons. The summed E-state index contributed by atoms with van der Waals surface area (Å²) in [6.45, 7) is 7.20. The van der Waals surface area contributed by atoms with Gasteiger partial charge in [-0.1, -0.05) is 18.2 Å². The molecule has 2 N–H and O–H groups in total. The minimum absolute atomic E-state index is 0.0284. The molecule has 0 aliphatic heterocycles. The van der Waals surface area contributed by atoms with Crippen molar-refractivity contribution in [3.63, 3.8) is 0 Å². The normalized spacial score (nSPS) is 12.4. The highest BCUT2D eigenvalue weighted by Crippen LogP contribution is 2.17. The van der Waals surface area contributed by atoms with E-state index in [0.717, 1.165) is 22.6 Å². The van der Waals surface area contributed by atoms with E-state index < -0.39 is 0 Å². The van der Waals surface area contributed by atoms with Crippen LogP contribution in [0.25, 0.3) is 5.69 Å². The number of likely N-dealkylation sites (N-methyl/N-ethyl adjacent to an activating group) is 1. The van der Waals surface area contributed by atoms with Gasteiger partial charge in [-0.3, -0.25) is 9.69 Å². The van der Waals surface area contributed by atoms with E-state index in [4.69, 9.17) is 0 Å². The van der Waals surface area contributed by atoms with E-state index in [2.05, 4.69) is 10.4 Å². The van der Waals surface area contributed by atoms with Crippen molar-refractivity contribution in [2.75, 3.05) is 20.1 Å². The van der Waals surface area contributed by atoms with Gasteiger partial charge in [0, 0.05) is 24.3 Å². The zero-order valence-electron chi connectivity index (χ0n) is 15.5. The molecule has 0 spiro atoms. The van der Waals surface area contributed by atoms with Gasteiger partial charge in [-0.05, 0) is 46.4 Å². The summed E-state index contributed by atoms with van der Waals surface area (Å²) in [6.07, 6.45) is 0.311. The minimum atomic E-state index is -0.348. The molecule has 1 heterocycles. The largest absolute Gasteiger partial charge is 0.393 e. The van der Waals surface area contributed by atoms with Crippen LogP contribution >= 0.6 is 0 Å². The van der Waals surface area contributed by atoms with Crippen LogP contribution in [-0.4, -0.2) is 51.9 Å². The van der Waals surface area contributed by atoms with Crippen LogP contribution in [0, 0.1) is 13.8 Å². The quantitative estimate of drug-likeness (QED) is 0.766. The number of rotatable bonds is 8. The molecule has 2 aromatic rings. The highest BCUT2D eigenvalue weighted by atomic mass is 16.3. The van der Waals surface area contributed by atoms with E-state index in [-0.39, 0.29) is 12.0 Å². The Bertz CT molecular complexity index is 695. The number of nitrogens with one attached hydrogen (secondary N) is 1. The average molecular weight is 344 g/mol. The summed E-state index contributed by atoms with van der Waals surface area (Å²) in [5.74, 6) is -0.0284. The molecule has 136 valence electrons. The summed E-state index contributed by atoms with van der Waals surface area (Å²) >= 11 is 0. The molecule has 6 heteroatoms. The molecule has 25 heavy (non-hydrogen) atoms. The number of para-hydroxylation sites is 1.